The van der Waals surface area contributed by atoms with Gasteiger partial charge < -0.3 is 9.47 Å². The van der Waals surface area contributed by atoms with Crippen molar-refractivity contribution in [3.05, 3.63) is 83.6 Å². The molecule has 41 heavy (non-hydrogen) atoms. The summed E-state index contributed by atoms with van der Waals surface area (Å²) in [5, 5.41) is 0. The van der Waals surface area contributed by atoms with Gasteiger partial charge in [-0.15, -0.1) is 0 Å². The van der Waals surface area contributed by atoms with E-state index in [9.17, 15) is 22.8 Å². The lowest BCUT2D eigenvalue weighted by molar-refractivity contribution is -0.137. The fourth-order valence-electron chi connectivity index (χ4n) is 6.20. The minimum Gasteiger partial charge on any atom is -0.436 e. The number of halogens is 3. The second-order valence-electron chi connectivity index (χ2n) is 11.1. The van der Waals surface area contributed by atoms with E-state index in [0.717, 1.165) is 43.5 Å². The van der Waals surface area contributed by atoms with Gasteiger partial charge in [-0.2, -0.15) is 13.2 Å². The van der Waals surface area contributed by atoms with Crippen molar-refractivity contribution in [1.29, 1.82) is 0 Å². The van der Waals surface area contributed by atoms with Crippen LogP contribution in [0, 0.1) is 0 Å². The average Bonchev–Trinajstić information content (AvgIpc) is 3.19. The number of piperidine rings is 1. The maximum absolute atomic E-state index is 13.6. The smallest absolute Gasteiger partial charge is 0.416 e. The third-order valence-electron chi connectivity index (χ3n) is 8.39. The van der Waals surface area contributed by atoms with Crippen LogP contribution in [0.1, 0.15) is 68.6 Å². The molecule has 218 valence electrons. The highest BCUT2D eigenvalue weighted by molar-refractivity contribution is 5.84. The zero-order valence-electron chi connectivity index (χ0n) is 23.2. The van der Waals surface area contributed by atoms with Gasteiger partial charge in [0.05, 0.1) is 11.3 Å². The van der Waals surface area contributed by atoms with Crippen molar-refractivity contribution in [2.24, 2.45) is 0 Å². The summed E-state index contributed by atoms with van der Waals surface area (Å²) in [6.45, 7) is 7.28. The van der Waals surface area contributed by atoms with Gasteiger partial charge in [0.1, 0.15) is 5.75 Å². The standard InChI is InChI=1S/C32H35F3N2O4/c1-22-31(41-30(39)37(22)26-11-4-3-5-12-26)16-19-36(20-17-31)18-15-27(24-9-8-10-25(21-24)32(33,34)35)28-13-6-7-14-29(28)40-23(2)38/h6-10,13-15,21,26H,1,3-5,11-12,16-20H2,2H3/b27-15+. The first-order chi connectivity index (χ1) is 19.6. The lowest BCUT2D eigenvalue weighted by Crippen LogP contribution is -2.46. The molecule has 2 aromatic rings. The van der Waals surface area contributed by atoms with Gasteiger partial charge in [-0.1, -0.05) is 62.2 Å². The van der Waals surface area contributed by atoms with Crippen LogP contribution in [-0.2, 0) is 15.7 Å². The summed E-state index contributed by atoms with van der Waals surface area (Å²) in [5.74, 6) is -0.242. The number of benzene rings is 2. The molecule has 2 saturated heterocycles. The number of carbonyl (C=O) groups excluding carboxylic acids is 2. The summed E-state index contributed by atoms with van der Waals surface area (Å²) in [5.41, 5.74) is 0.722. The maximum Gasteiger partial charge on any atom is 0.416 e. The van der Waals surface area contributed by atoms with Gasteiger partial charge in [0.25, 0.3) is 0 Å². The summed E-state index contributed by atoms with van der Waals surface area (Å²) in [7, 11) is 0. The maximum atomic E-state index is 13.6. The third kappa shape index (κ3) is 6.20. The minimum atomic E-state index is -4.50. The Bertz CT molecular complexity index is 1340. The number of likely N-dealkylation sites (tertiary alicyclic amines) is 1. The molecule has 5 rings (SSSR count). The summed E-state index contributed by atoms with van der Waals surface area (Å²) >= 11 is 0. The predicted octanol–water partition coefficient (Wildman–Crippen LogP) is 7.20. The van der Waals surface area contributed by atoms with Crippen LogP contribution < -0.4 is 4.74 Å². The van der Waals surface area contributed by atoms with Gasteiger partial charge in [0.2, 0.25) is 0 Å². The first-order valence-electron chi connectivity index (χ1n) is 14.2. The number of para-hydroxylation sites is 1. The van der Waals surface area contributed by atoms with Crippen molar-refractivity contribution < 1.29 is 32.2 Å². The first-order valence-corrected chi connectivity index (χ1v) is 14.2. The molecule has 3 fully saturated rings. The molecule has 9 heteroatoms. The van der Waals surface area contributed by atoms with E-state index in [4.69, 9.17) is 9.47 Å². The highest BCUT2D eigenvalue weighted by atomic mass is 19.4. The van der Waals surface area contributed by atoms with Gasteiger partial charge >= 0.3 is 18.2 Å². The van der Waals surface area contributed by atoms with Crippen LogP contribution in [0.2, 0.25) is 0 Å². The Hall–Kier alpha value is -3.59. The van der Waals surface area contributed by atoms with Crippen molar-refractivity contribution in [1.82, 2.24) is 9.80 Å². The molecular weight excluding hydrogens is 533 g/mol. The van der Waals surface area contributed by atoms with E-state index in [0.29, 0.717) is 49.2 Å². The molecule has 0 radical (unpaired) electrons. The van der Waals surface area contributed by atoms with Crippen LogP contribution in [0.15, 0.2) is 66.9 Å². The molecule has 0 atom stereocenters. The van der Waals surface area contributed by atoms with Crippen molar-refractivity contribution in [2.45, 2.75) is 69.7 Å². The zero-order chi connectivity index (χ0) is 29.2. The van der Waals surface area contributed by atoms with Crippen molar-refractivity contribution in [3.8, 4) is 5.75 Å². The van der Waals surface area contributed by atoms with Crippen LogP contribution in [-0.4, -0.2) is 53.1 Å². The molecule has 2 heterocycles. The molecule has 1 saturated carbocycles. The zero-order valence-corrected chi connectivity index (χ0v) is 23.2. The van der Waals surface area contributed by atoms with Crippen molar-refractivity contribution in [2.75, 3.05) is 19.6 Å². The van der Waals surface area contributed by atoms with Crippen LogP contribution in [0.4, 0.5) is 18.0 Å². The fourth-order valence-corrected chi connectivity index (χ4v) is 6.20. The lowest BCUT2D eigenvalue weighted by Gasteiger charge is -2.39. The monoisotopic (exact) mass is 568 g/mol. The third-order valence-corrected chi connectivity index (χ3v) is 8.39. The molecule has 6 nitrogen and oxygen atoms in total. The van der Waals surface area contributed by atoms with Gasteiger partial charge in [0.15, 0.2) is 5.60 Å². The van der Waals surface area contributed by atoms with Crippen LogP contribution >= 0.6 is 0 Å². The summed E-state index contributed by atoms with van der Waals surface area (Å²) in [6, 6.07) is 12.1. The number of esters is 1. The van der Waals surface area contributed by atoms with Gasteiger partial charge in [0, 0.05) is 51.0 Å². The van der Waals surface area contributed by atoms with Crippen LogP contribution in [0.3, 0.4) is 0 Å². The lowest BCUT2D eigenvalue weighted by atomic mass is 9.86. The Morgan fingerprint density at radius 1 is 1.10 bits per heavy atom. The molecule has 1 aliphatic carbocycles. The van der Waals surface area contributed by atoms with E-state index in [1.54, 1.807) is 35.2 Å². The van der Waals surface area contributed by atoms with Gasteiger partial charge in [-0.3, -0.25) is 14.6 Å². The highest BCUT2D eigenvalue weighted by Gasteiger charge is 2.52. The predicted molar refractivity (Wildman–Crippen MR) is 149 cm³/mol. The number of rotatable bonds is 6. The Kier molecular flexibility index (Phi) is 8.27. The minimum absolute atomic E-state index is 0.149. The molecule has 0 aromatic heterocycles. The van der Waals surface area contributed by atoms with Crippen LogP contribution in [0.5, 0.6) is 5.75 Å². The van der Waals surface area contributed by atoms with Crippen molar-refractivity contribution >= 4 is 17.6 Å². The summed E-state index contributed by atoms with van der Waals surface area (Å²) in [6.07, 6.45) is 3.59. The van der Waals surface area contributed by atoms with Crippen LogP contribution in [0.25, 0.3) is 5.57 Å². The second kappa shape index (κ2) is 11.7. The number of hydrogen-bond acceptors (Lipinski definition) is 5. The Labute approximate surface area is 238 Å². The second-order valence-corrected chi connectivity index (χ2v) is 11.1. The number of amides is 1. The van der Waals surface area contributed by atoms with Gasteiger partial charge in [-0.05, 0) is 42.2 Å². The molecular formula is C32H35F3N2O4. The molecule has 3 aliphatic rings. The van der Waals surface area contributed by atoms with Crippen molar-refractivity contribution in [3.63, 3.8) is 0 Å². The van der Waals surface area contributed by atoms with E-state index in [-0.39, 0.29) is 17.9 Å². The Morgan fingerprint density at radius 3 is 2.49 bits per heavy atom. The van der Waals surface area contributed by atoms with E-state index in [1.807, 2.05) is 6.08 Å². The number of ether oxygens (including phenoxy) is 2. The molecule has 2 aromatic carbocycles. The van der Waals surface area contributed by atoms with E-state index in [2.05, 4.69) is 11.5 Å². The normalized spacial score (nSPS) is 20.4. The molecule has 0 unspecified atom stereocenters. The first kappa shape index (κ1) is 28.9. The number of hydrogen-bond donors (Lipinski definition) is 0. The average molecular weight is 569 g/mol. The Morgan fingerprint density at radius 2 is 1.80 bits per heavy atom. The van der Waals surface area contributed by atoms with E-state index < -0.39 is 23.3 Å². The Balaban J connectivity index is 1.37. The highest BCUT2D eigenvalue weighted by Crippen LogP contribution is 2.43. The molecule has 0 N–H and O–H groups in total. The fraction of sp³-hybridized carbons (Fsp3) is 0.438. The van der Waals surface area contributed by atoms with E-state index >= 15 is 0 Å². The topological polar surface area (TPSA) is 59.1 Å². The van der Waals surface area contributed by atoms with E-state index in [1.165, 1.54) is 19.4 Å². The van der Waals surface area contributed by atoms with Gasteiger partial charge in [-0.25, -0.2) is 4.79 Å². The summed E-state index contributed by atoms with van der Waals surface area (Å²) < 4.78 is 52.1. The summed E-state index contributed by atoms with van der Waals surface area (Å²) in [4.78, 5) is 28.6. The molecule has 1 spiro atoms. The SMILES string of the molecule is C=C1N(C2CCCCC2)C(=O)OC12CCN(C/C=C(\c1cccc(C(F)(F)F)c1)c1ccccc1OC(C)=O)CC2. The largest absolute Gasteiger partial charge is 0.436 e. The molecule has 1 amide bonds. The molecule has 0 bridgehead atoms. The number of nitrogens with zero attached hydrogens (tertiary/aromatic N) is 2. The molecule has 2 aliphatic heterocycles. The number of carbonyl (C=O) groups is 2. The quantitative estimate of drug-likeness (QED) is 0.273. The number of alkyl halides is 3.